The molecule has 2 amide bonds. The molecule has 1 aromatic carbocycles. The lowest BCUT2D eigenvalue weighted by atomic mass is 9.90. The number of pyridine rings is 1. The molecule has 0 spiro atoms. The number of carbonyl (C=O) groups is 2. The predicted octanol–water partition coefficient (Wildman–Crippen LogP) is 4.01. The molecular formula is C24H27ClN6O2. The number of rotatable bonds is 6. The molecule has 0 aliphatic heterocycles. The zero-order valence-electron chi connectivity index (χ0n) is 18.7. The largest absolute Gasteiger partial charge is 0.348 e. The Kier molecular flexibility index (Phi) is 6.76. The average Bonchev–Trinajstić information content (AvgIpc) is 3.22. The number of aromatic nitrogens is 3. The summed E-state index contributed by atoms with van der Waals surface area (Å²) in [6.07, 6.45) is 6.85. The van der Waals surface area contributed by atoms with Gasteiger partial charge in [-0.1, -0.05) is 18.2 Å². The number of hydrogen-bond acceptors (Lipinski definition) is 5. The van der Waals surface area contributed by atoms with Crippen LogP contribution in [0.5, 0.6) is 0 Å². The molecule has 1 saturated carbocycles. The second-order valence-corrected chi connectivity index (χ2v) is 8.99. The molecule has 2 heterocycles. The van der Waals surface area contributed by atoms with Gasteiger partial charge >= 0.3 is 0 Å². The minimum absolute atomic E-state index is 0.144. The van der Waals surface area contributed by atoms with E-state index in [9.17, 15) is 9.59 Å². The van der Waals surface area contributed by atoms with Crippen LogP contribution in [0.2, 0.25) is 5.02 Å². The van der Waals surface area contributed by atoms with Gasteiger partial charge in [-0.25, -0.2) is 0 Å². The molecule has 0 saturated heterocycles. The summed E-state index contributed by atoms with van der Waals surface area (Å²) in [6.45, 7) is 3.46. The van der Waals surface area contributed by atoms with Gasteiger partial charge in [-0.05, 0) is 70.1 Å². The predicted molar refractivity (Wildman–Crippen MR) is 130 cm³/mol. The van der Waals surface area contributed by atoms with Crippen LogP contribution in [0, 0.1) is 0 Å². The van der Waals surface area contributed by atoms with E-state index in [2.05, 4.69) is 51.4 Å². The number of carbonyl (C=O) groups excluding carboxylic acids is 2. The molecule has 2 aromatic heterocycles. The van der Waals surface area contributed by atoms with E-state index in [4.69, 9.17) is 11.6 Å². The topological polar surface area (TPSA) is 103 Å². The molecule has 0 atom stereocenters. The number of nitrogens with zero attached hydrogens (tertiary/aromatic N) is 3. The number of fused-ring (bicyclic) bond motifs is 1. The minimum atomic E-state index is -0.333. The van der Waals surface area contributed by atoms with E-state index < -0.39 is 0 Å². The molecular weight excluding hydrogens is 440 g/mol. The lowest BCUT2D eigenvalue weighted by Gasteiger charge is -2.32. The molecule has 4 rings (SSSR count). The zero-order valence-corrected chi connectivity index (χ0v) is 19.4. The fourth-order valence-corrected chi connectivity index (χ4v) is 4.48. The number of amides is 2. The first-order valence-electron chi connectivity index (χ1n) is 10.9. The van der Waals surface area contributed by atoms with Crippen molar-refractivity contribution in [2.75, 3.05) is 19.4 Å². The second kappa shape index (κ2) is 9.72. The van der Waals surface area contributed by atoms with Gasteiger partial charge in [0.05, 0.1) is 17.4 Å². The van der Waals surface area contributed by atoms with Gasteiger partial charge in [0.1, 0.15) is 0 Å². The first-order chi connectivity index (χ1) is 15.8. The van der Waals surface area contributed by atoms with Crippen LogP contribution in [0.4, 0.5) is 5.69 Å². The monoisotopic (exact) mass is 466 g/mol. The van der Waals surface area contributed by atoms with Crippen LogP contribution in [0.15, 0.2) is 43.1 Å². The van der Waals surface area contributed by atoms with Crippen molar-refractivity contribution in [3.63, 3.8) is 0 Å². The van der Waals surface area contributed by atoms with E-state index in [0.29, 0.717) is 44.6 Å². The molecule has 172 valence electrons. The molecule has 0 radical (unpaired) electrons. The molecule has 33 heavy (non-hydrogen) atoms. The SMILES string of the molecule is C=CC(=O)Nc1cc(Cl)cc(-c2cc3c(C(=O)NC4CCC(N(C)C)CC4)n[nH]c3cn2)c1. The molecule has 1 aliphatic carbocycles. The highest BCUT2D eigenvalue weighted by Crippen LogP contribution is 2.29. The summed E-state index contributed by atoms with van der Waals surface area (Å²) in [7, 11) is 4.20. The molecule has 1 aliphatic rings. The number of hydrogen-bond donors (Lipinski definition) is 3. The standard InChI is InChI=1S/C24H27ClN6O2/c1-4-22(32)27-17-10-14(9-15(25)11-17)20-12-19-21(13-26-20)29-30-23(19)24(33)28-16-5-7-18(8-6-16)31(2)3/h4,9-13,16,18H,1,5-8H2,2-3H3,(H,27,32)(H,28,33)(H,29,30). The van der Waals surface area contributed by atoms with Crippen LogP contribution < -0.4 is 10.6 Å². The second-order valence-electron chi connectivity index (χ2n) is 8.55. The van der Waals surface area contributed by atoms with Crippen molar-refractivity contribution >= 4 is 40.0 Å². The summed E-state index contributed by atoms with van der Waals surface area (Å²) in [5.74, 6) is -0.531. The molecule has 1 fully saturated rings. The minimum Gasteiger partial charge on any atom is -0.348 e. The number of anilines is 1. The number of H-pyrrole nitrogens is 1. The van der Waals surface area contributed by atoms with Crippen LogP contribution in [0.25, 0.3) is 22.2 Å². The Labute approximate surface area is 197 Å². The van der Waals surface area contributed by atoms with Gasteiger partial charge in [0.15, 0.2) is 5.69 Å². The maximum atomic E-state index is 13.0. The number of nitrogens with one attached hydrogen (secondary N) is 3. The third-order valence-corrected chi connectivity index (χ3v) is 6.29. The van der Waals surface area contributed by atoms with Crippen LogP contribution in [0.1, 0.15) is 36.2 Å². The van der Waals surface area contributed by atoms with Gasteiger partial charge in [-0.2, -0.15) is 5.10 Å². The smallest absolute Gasteiger partial charge is 0.272 e. The summed E-state index contributed by atoms with van der Waals surface area (Å²) in [4.78, 5) is 31.4. The van der Waals surface area contributed by atoms with Gasteiger partial charge in [-0.15, -0.1) is 0 Å². The molecule has 3 aromatic rings. The molecule has 0 unspecified atom stereocenters. The van der Waals surface area contributed by atoms with E-state index >= 15 is 0 Å². The van der Waals surface area contributed by atoms with Crippen molar-refractivity contribution in [2.45, 2.75) is 37.8 Å². The Balaban J connectivity index is 1.56. The van der Waals surface area contributed by atoms with Gasteiger partial charge < -0.3 is 15.5 Å². The van der Waals surface area contributed by atoms with E-state index in [1.165, 1.54) is 6.08 Å². The van der Waals surface area contributed by atoms with Gasteiger partial charge in [-0.3, -0.25) is 19.7 Å². The number of aromatic amines is 1. The van der Waals surface area contributed by atoms with Crippen LogP contribution in [-0.4, -0.2) is 58.1 Å². The van der Waals surface area contributed by atoms with Crippen molar-refractivity contribution < 1.29 is 9.59 Å². The number of benzene rings is 1. The third-order valence-electron chi connectivity index (χ3n) is 6.07. The first kappa shape index (κ1) is 22.9. The highest BCUT2D eigenvalue weighted by atomic mass is 35.5. The van der Waals surface area contributed by atoms with Crippen molar-refractivity contribution in [2.24, 2.45) is 0 Å². The highest BCUT2D eigenvalue weighted by Gasteiger charge is 2.25. The Morgan fingerprint density at radius 1 is 1.18 bits per heavy atom. The normalized spacial score (nSPS) is 18.3. The Bertz CT molecular complexity index is 1200. The third kappa shape index (κ3) is 5.23. The van der Waals surface area contributed by atoms with Gasteiger partial charge in [0.25, 0.3) is 5.91 Å². The summed E-state index contributed by atoms with van der Waals surface area (Å²) in [5.41, 5.74) is 2.86. The van der Waals surface area contributed by atoms with E-state index in [1.54, 1.807) is 30.5 Å². The summed E-state index contributed by atoms with van der Waals surface area (Å²) in [5, 5.41) is 14.1. The van der Waals surface area contributed by atoms with Crippen molar-refractivity contribution in [3.8, 4) is 11.3 Å². The molecule has 9 heteroatoms. The van der Waals surface area contributed by atoms with Crippen LogP contribution >= 0.6 is 11.6 Å². The Hall–Kier alpha value is -3.23. The fraction of sp³-hybridized carbons (Fsp3) is 0.333. The average molecular weight is 467 g/mol. The molecule has 3 N–H and O–H groups in total. The summed E-state index contributed by atoms with van der Waals surface area (Å²) in [6, 6.07) is 7.68. The first-order valence-corrected chi connectivity index (χ1v) is 11.3. The van der Waals surface area contributed by atoms with Crippen molar-refractivity contribution in [1.82, 2.24) is 25.4 Å². The Morgan fingerprint density at radius 3 is 2.64 bits per heavy atom. The quantitative estimate of drug-likeness (QED) is 0.476. The number of halogens is 1. The zero-order chi connectivity index (χ0) is 23.5. The maximum Gasteiger partial charge on any atom is 0.272 e. The van der Waals surface area contributed by atoms with Gasteiger partial charge in [0, 0.05) is 33.7 Å². The molecule has 0 bridgehead atoms. The lowest BCUT2D eigenvalue weighted by Crippen LogP contribution is -2.41. The van der Waals surface area contributed by atoms with E-state index in [1.807, 2.05) is 0 Å². The summed E-state index contributed by atoms with van der Waals surface area (Å²) >= 11 is 6.25. The maximum absolute atomic E-state index is 13.0. The highest BCUT2D eigenvalue weighted by molar-refractivity contribution is 6.31. The van der Waals surface area contributed by atoms with E-state index in [-0.39, 0.29) is 17.9 Å². The van der Waals surface area contributed by atoms with Crippen molar-refractivity contribution in [1.29, 1.82) is 0 Å². The van der Waals surface area contributed by atoms with Gasteiger partial charge in [0.2, 0.25) is 5.91 Å². The Morgan fingerprint density at radius 2 is 1.94 bits per heavy atom. The van der Waals surface area contributed by atoms with Crippen molar-refractivity contribution in [3.05, 3.63) is 53.8 Å². The van der Waals surface area contributed by atoms with Crippen LogP contribution in [-0.2, 0) is 4.79 Å². The molecule has 8 nitrogen and oxygen atoms in total. The lowest BCUT2D eigenvalue weighted by molar-refractivity contribution is -0.111. The van der Waals surface area contributed by atoms with Crippen LogP contribution in [0.3, 0.4) is 0 Å². The van der Waals surface area contributed by atoms with E-state index in [0.717, 1.165) is 25.7 Å². The summed E-state index contributed by atoms with van der Waals surface area (Å²) < 4.78 is 0. The fourth-order valence-electron chi connectivity index (χ4n) is 4.24.